The number of aliphatic imine (C=N–C) groups is 1. The van der Waals surface area contributed by atoms with Crippen LogP contribution in [0.1, 0.15) is 60.5 Å². The number of guanidine groups is 1. The number of nitrogens with zero attached hydrogens (tertiary/aromatic N) is 2. The molecule has 1 heterocycles. The number of ether oxygens (including phenoxy) is 2. The number of hydrogen-bond donors (Lipinski definition) is 2. The fourth-order valence-electron chi connectivity index (χ4n) is 2.08. The molecule has 0 aromatic carbocycles. The Hall–Kier alpha value is -1.67. The Bertz CT molecular complexity index is 560. The van der Waals surface area contributed by atoms with E-state index in [2.05, 4.69) is 20.6 Å². The smallest absolute Gasteiger partial charge is 0.350 e. The summed E-state index contributed by atoms with van der Waals surface area (Å²) in [7, 11) is 0. The van der Waals surface area contributed by atoms with E-state index in [1.54, 1.807) is 6.92 Å². The molecule has 1 aromatic heterocycles. The highest BCUT2D eigenvalue weighted by Gasteiger charge is 2.20. The van der Waals surface area contributed by atoms with E-state index in [4.69, 9.17) is 9.47 Å². The first-order chi connectivity index (χ1) is 12.0. The van der Waals surface area contributed by atoms with Crippen LogP contribution < -0.4 is 10.6 Å². The van der Waals surface area contributed by atoms with Gasteiger partial charge in [0.2, 0.25) is 0 Å². The van der Waals surface area contributed by atoms with E-state index < -0.39 is 0 Å². The lowest BCUT2D eigenvalue weighted by molar-refractivity contribution is 0.0531. The van der Waals surface area contributed by atoms with E-state index in [1.807, 2.05) is 27.7 Å². The standard InChI is InChI=1S/C17H30N4O3S/c1-6-18-17(19-10-9-11-23-7-2)21-13(5)15-20-12(4)14(25-15)16(22)24-8-3/h13H,6-11H2,1-5H3,(H2,18,19,21). The SMILES string of the molecule is CCNC(=NCCCOCC)NC(C)c1nc(C)c(C(=O)OCC)s1. The third kappa shape index (κ3) is 7.39. The molecule has 0 spiro atoms. The number of carbonyl (C=O) groups is 1. The third-order valence-electron chi connectivity index (χ3n) is 3.26. The molecule has 1 rings (SSSR count). The maximum Gasteiger partial charge on any atom is 0.350 e. The van der Waals surface area contributed by atoms with Gasteiger partial charge in [-0.05, 0) is 41.0 Å². The lowest BCUT2D eigenvalue weighted by Gasteiger charge is -2.16. The second-order valence-corrected chi connectivity index (χ2v) is 6.39. The second-order valence-electron chi connectivity index (χ2n) is 5.36. The van der Waals surface area contributed by atoms with Crippen LogP contribution in [-0.4, -0.2) is 49.8 Å². The number of aryl methyl sites for hydroxylation is 1. The van der Waals surface area contributed by atoms with Crippen molar-refractivity contribution < 1.29 is 14.3 Å². The normalized spacial score (nSPS) is 12.8. The molecule has 0 aliphatic heterocycles. The third-order valence-corrected chi connectivity index (χ3v) is 4.58. The van der Waals surface area contributed by atoms with Gasteiger partial charge in [0.25, 0.3) is 0 Å². The second kappa shape index (κ2) is 11.8. The van der Waals surface area contributed by atoms with Crippen molar-refractivity contribution in [2.45, 2.75) is 47.1 Å². The summed E-state index contributed by atoms with van der Waals surface area (Å²) in [5.74, 6) is 0.421. The van der Waals surface area contributed by atoms with E-state index in [0.717, 1.165) is 30.5 Å². The minimum absolute atomic E-state index is 0.0587. The van der Waals surface area contributed by atoms with Crippen LogP contribution in [0.2, 0.25) is 0 Å². The first-order valence-corrected chi connectivity index (χ1v) is 9.62. The summed E-state index contributed by atoms with van der Waals surface area (Å²) in [6.45, 7) is 12.9. The topological polar surface area (TPSA) is 84.8 Å². The molecule has 0 aliphatic rings. The number of esters is 1. The molecule has 0 fully saturated rings. The Labute approximate surface area is 154 Å². The molecule has 7 nitrogen and oxygen atoms in total. The minimum Gasteiger partial charge on any atom is -0.462 e. The van der Waals surface area contributed by atoms with Gasteiger partial charge in [0, 0.05) is 26.3 Å². The number of thiazole rings is 1. The fraction of sp³-hybridized carbons (Fsp3) is 0.706. The van der Waals surface area contributed by atoms with Gasteiger partial charge in [-0.25, -0.2) is 9.78 Å². The summed E-state index contributed by atoms with van der Waals surface area (Å²) in [6, 6.07) is -0.0587. The maximum absolute atomic E-state index is 11.9. The predicted molar refractivity (Wildman–Crippen MR) is 101 cm³/mol. The highest BCUT2D eigenvalue weighted by Crippen LogP contribution is 2.24. The van der Waals surface area contributed by atoms with Gasteiger partial charge in [0.1, 0.15) is 9.88 Å². The van der Waals surface area contributed by atoms with Crippen molar-refractivity contribution in [3.8, 4) is 0 Å². The van der Waals surface area contributed by atoms with E-state index in [9.17, 15) is 4.79 Å². The minimum atomic E-state index is -0.313. The molecule has 0 bridgehead atoms. The van der Waals surface area contributed by atoms with Gasteiger partial charge in [-0.3, -0.25) is 4.99 Å². The quantitative estimate of drug-likeness (QED) is 0.285. The molecule has 8 heteroatoms. The van der Waals surface area contributed by atoms with Crippen molar-refractivity contribution in [3.63, 3.8) is 0 Å². The molecule has 2 N–H and O–H groups in total. The monoisotopic (exact) mass is 370 g/mol. The molecule has 0 saturated carbocycles. The molecular weight excluding hydrogens is 340 g/mol. The molecule has 25 heavy (non-hydrogen) atoms. The van der Waals surface area contributed by atoms with Crippen molar-refractivity contribution in [1.29, 1.82) is 0 Å². The first-order valence-electron chi connectivity index (χ1n) is 8.80. The summed E-state index contributed by atoms with van der Waals surface area (Å²) < 4.78 is 10.4. The van der Waals surface area contributed by atoms with E-state index in [1.165, 1.54) is 11.3 Å². The maximum atomic E-state index is 11.9. The number of carbonyl (C=O) groups excluding carboxylic acids is 1. The Balaban J connectivity index is 2.70. The molecule has 142 valence electrons. The molecule has 0 amide bonds. The molecule has 0 saturated heterocycles. The van der Waals surface area contributed by atoms with Gasteiger partial charge in [0.05, 0.1) is 18.3 Å². The Kier molecular flexibility index (Phi) is 10.1. The highest BCUT2D eigenvalue weighted by molar-refractivity contribution is 7.13. The largest absolute Gasteiger partial charge is 0.462 e. The zero-order valence-corrected chi connectivity index (χ0v) is 16.7. The van der Waals surface area contributed by atoms with Crippen molar-refractivity contribution in [3.05, 3.63) is 15.6 Å². The molecule has 1 aromatic rings. The van der Waals surface area contributed by atoms with E-state index in [0.29, 0.717) is 30.3 Å². The zero-order valence-electron chi connectivity index (χ0n) is 15.8. The van der Waals surface area contributed by atoms with Crippen LogP contribution in [0, 0.1) is 6.92 Å². The zero-order chi connectivity index (χ0) is 18.7. The number of nitrogens with one attached hydrogen (secondary N) is 2. The van der Waals surface area contributed by atoms with Gasteiger partial charge in [0.15, 0.2) is 5.96 Å². The fourth-order valence-corrected chi connectivity index (χ4v) is 3.04. The van der Waals surface area contributed by atoms with Crippen molar-refractivity contribution in [2.75, 3.05) is 32.9 Å². The van der Waals surface area contributed by atoms with Crippen LogP contribution in [0.3, 0.4) is 0 Å². The highest BCUT2D eigenvalue weighted by atomic mass is 32.1. The van der Waals surface area contributed by atoms with Crippen molar-refractivity contribution >= 4 is 23.3 Å². The summed E-state index contributed by atoms with van der Waals surface area (Å²) in [5.41, 5.74) is 0.700. The summed E-state index contributed by atoms with van der Waals surface area (Å²) in [4.78, 5) is 21.5. The van der Waals surface area contributed by atoms with Crippen molar-refractivity contribution in [1.82, 2.24) is 15.6 Å². The lowest BCUT2D eigenvalue weighted by Crippen LogP contribution is -2.38. The van der Waals surface area contributed by atoms with Gasteiger partial charge in [-0.15, -0.1) is 11.3 Å². The molecule has 1 atom stereocenters. The van der Waals surface area contributed by atoms with Crippen LogP contribution in [0.4, 0.5) is 0 Å². The molecule has 0 aliphatic carbocycles. The number of aromatic nitrogens is 1. The average molecular weight is 371 g/mol. The summed E-state index contributed by atoms with van der Waals surface area (Å²) >= 11 is 1.36. The van der Waals surface area contributed by atoms with Crippen LogP contribution >= 0.6 is 11.3 Å². The first kappa shape index (κ1) is 21.4. The number of hydrogen-bond acceptors (Lipinski definition) is 6. The Morgan fingerprint density at radius 2 is 2.08 bits per heavy atom. The summed E-state index contributed by atoms with van der Waals surface area (Å²) in [5, 5.41) is 7.39. The predicted octanol–water partition coefficient (Wildman–Crippen LogP) is 2.67. The van der Waals surface area contributed by atoms with Crippen LogP contribution in [-0.2, 0) is 9.47 Å². The van der Waals surface area contributed by atoms with Gasteiger partial charge < -0.3 is 20.1 Å². The Morgan fingerprint density at radius 1 is 1.32 bits per heavy atom. The van der Waals surface area contributed by atoms with Crippen LogP contribution in [0.5, 0.6) is 0 Å². The lowest BCUT2D eigenvalue weighted by atomic mass is 10.3. The van der Waals surface area contributed by atoms with Crippen molar-refractivity contribution in [2.24, 2.45) is 4.99 Å². The molecule has 1 unspecified atom stereocenters. The van der Waals surface area contributed by atoms with Crippen LogP contribution in [0.25, 0.3) is 0 Å². The summed E-state index contributed by atoms with van der Waals surface area (Å²) in [6.07, 6.45) is 0.877. The van der Waals surface area contributed by atoms with Gasteiger partial charge in [-0.1, -0.05) is 0 Å². The molecule has 0 radical (unpaired) electrons. The molecular formula is C17H30N4O3S. The average Bonchev–Trinajstić information content (AvgIpc) is 2.97. The Morgan fingerprint density at radius 3 is 2.72 bits per heavy atom. The van der Waals surface area contributed by atoms with Crippen LogP contribution in [0.15, 0.2) is 4.99 Å². The van der Waals surface area contributed by atoms with Gasteiger partial charge >= 0.3 is 5.97 Å². The van der Waals surface area contributed by atoms with Gasteiger partial charge in [-0.2, -0.15) is 0 Å². The van der Waals surface area contributed by atoms with E-state index in [-0.39, 0.29) is 12.0 Å². The van der Waals surface area contributed by atoms with E-state index >= 15 is 0 Å². The number of rotatable bonds is 10.